The highest BCUT2D eigenvalue weighted by atomic mass is 32.1. The first kappa shape index (κ1) is 17.2. The maximum absolute atomic E-state index is 12.6. The molecule has 0 spiro atoms. The molecule has 0 aliphatic rings. The fourth-order valence-electron chi connectivity index (χ4n) is 2.89. The Morgan fingerprint density at radius 2 is 2.00 bits per heavy atom. The first-order chi connectivity index (χ1) is 12.0. The molecule has 2 aromatic heterocycles. The van der Waals surface area contributed by atoms with Gasteiger partial charge < -0.3 is 19.6 Å². The number of fused-ring (bicyclic) bond motifs is 1. The number of hydrogen-bond acceptors (Lipinski definition) is 3. The van der Waals surface area contributed by atoms with E-state index >= 15 is 0 Å². The van der Waals surface area contributed by atoms with E-state index < -0.39 is 0 Å². The maximum Gasteiger partial charge on any atom is 0.253 e. The van der Waals surface area contributed by atoms with Gasteiger partial charge in [-0.2, -0.15) is 0 Å². The Morgan fingerprint density at radius 3 is 2.68 bits per heavy atom. The smallest absolute Gasteiger partial charge is 0.253 e. The molecule has 6 heteroatoms. The maximum atomic E-state index is 12.6. The summed E-state index contributed by atoms with van der Waals surface area (Å²) >= 11 is 5.40. The summed E-state index contributed by atoms with van der Waals surface area (Å²) in [7, 11) is 1.77. The fourth-order valence-corrected chi connectivity index (χ4v) is 3.02. The number of aromatic nitrogens is 1. The van der Waals surface area contributed by atoms with Crippen molar-refractivity contribution >= 4 is 28.2 Å². The summed E-state index contributed by atoms with van der Waals surface area (Å²) in [6, 6.07) is 9.78. The molecule has 0 saturated carbocycles. The van der Waals surface area contributed by atoms with E-state index in [1.807, 2.05) is 43.0 Å². The molecule has 5 nitrogen and oxygen atoms in total. The Morgan fingerprint density at radius 1 is 1.24 bits per heavy atom. The number of nitrogens with zero attached hydrogens (tertiary/aromatic N) is 1. The van der Waals surface area contributed by atoms with Crippen molar-refractivity contribution in [3.05, 3.63) is 69.4 Å². The van der Waals surface area contributed by atoms with Crippen LogP contribution >= 0.6 is 12.2 Å². The molecule has 2 heterocycles. The molecule has 0 radical (unpaired) electrons. The lowest BCUT2D eigenvalue weighted by Crippen LogP contribution is -2.38. The molecule has 3 aromatic rings. The number of thiocarbonyl (C=S) groups is 1. The standard InChI is InChI=1S/C19H21N3O2S/c1-12-6-7-13(2)17-16(12)9-14(18(23)21-17)10-22(19(25)20-3)11-15-5-4-8-24-15/h4-9H,10-11H2,1-3H3,(H,20,25)(H,21,23). The number of aromatic amines is 1. The van der Waals surface area contributed by atoms with Gasteiger partial charge in [-0.05, 0) is 55.4 Å². The molecule has 0 amide bonds. The normalized spacial score (nSPS) is 10.8. The van der Waals surface area contributed by atoms with E-state index in [9.17, 15) is 4.79 Å². The molecule has 0 unspecified atom stereocenters. The van der Waals surface area contributed by atoms with Crippen LogP contribution in [-0.2, 0) is 13.1 Å². The SMILES string of the molecule is CNC(=S)N(Cc1ccco1)Cc1cc2c(C)ccc(C)c2[nH]c1=O. The molecular formula is C19H21N3O2S. The number of hydrogen-bond donors (Lipinski definition) is 2. The lowest BCUT2D eigenvalue weighted by molar-refractivity contribution is 0.352. The summed E-state index contributed by atoms with van der Waals surface area (Å²) in [6.07, 6.45) is 1.63. The second kappa shape index (κ2) is 7.11. The first-order valence-electron chi connectivity index (χ1n) is 8.10. The number of nitrogens with one attached hydrogen (secondary N) is 2. The van der Waals surface area contributed by atoms with Gasteiger partial charge >= 0.3 is 0 Å². The summed E-state index contributed by atoms with van der Waals surface area (Å²) in [5, 5.41) is 4.60. The van der Waals surface area contributed by atoms with E-state index in [-0.39, 0.29) is 5.56 Å². The highest BCUT2D eigenvalue weighted by Crippen LogP contribution is 2.20. The van der Waals surface area contributed by atoms with Gasteiger partial charge in [-0.15, -0.1) is 0 Å². The van der Waals surface area contributed by atoms with Crippen molar-refractivity contribution in [1.29, 1.82) is 0 Å². The van der Waals surface area contributed by atoms with E-state index in [4.69, 9.17) is 16.6 Å². The highest BCUT2D eigenvalue weighted by Gasteiger charge is 2.15. The van der Waals surface area contributed by atoms with Crippen molar-refractivity contribution in [1.82, 2.24) is 15.2 Å². The van der Waals surface area contributed by atoms with Crippen LogP contribution in [0.1, 0.15) is 22.5 Å². The van der Waals surface area contributed by atoms with Crippen molar-refractivity contribution in [2.75, 3.05) is 7.05 Å². The lowest BCUT2D eigenvalue weighted by atomic mass is 10.0. The van der Waals surface area contributed by atoms with Gasteiger partial charge in [0, 0.05) is 18.0 Å². The number of aryl methyl sites for hydroxylation is 2. The Kier molecular flexibility index (Phi) is 4.90. The van der Waals surface area contributed by atoms with Crippen molar-refractivity contribution in [2.24, 2.45) is 0 Å². The van der Waals surface area contributed by atoms with Crippen LogP contribution in [0.2, 0.25) is 0 Å². The van der Waals surface area contributed by atoms with Crippen LogP contribution in [0.3, 0.4) is 0 Å². The molecule has 0 bridgehead atoms. The Balaban J connectivity index is 1.99. The summed E-state index contributed by atoms with van der Waals surface area (Å²) in [4.78, 5) is 17.5. The van der Waals surface area contributed by atoms with Gasteiger partial charge in [0.2, 0.25) is 0 Å². The van der Waals surface area contributed by atoms with E-state index in [0.29, 0.717) is 23.8 Å². The average Bonchev–Trinajstić information content (AvgIpc) is 3.11. The Hall–Kier alpha value is -2.60. The summed E-state index contributed by atoms with van der Waals surface area (Å²) in [6.45, 7) is 4.94. The van der Waals surface area contributed by atoms with E-state index in [0.717, 1.165) is 27.8 Å². The van der Waals surface area contributed by atoms with E-state index in [1.54, 1.807) is 13.3 Å². The molecule has 0 atom stereocenters. The number of rotatable bonds is 4. The highest BCUT2D eigenvalue weighted by molar-refractivity contribution is 7.80. The monoisotopic (exact) mass is 355 g/mol. The third-order valence-electron chi connectivity index (χ3n) is 4.31. The second-order valence-corrected chi connectivity index (χ2v) is 6.49. The third kappa shape index (κ3) is 3.58. The van der Waals surface area contributed by atoms with Crippen LogP contribution in [0.25, 0.3) is 10.9 Å². The van der Waals surface area contributed by atoms with Gasteiger partial charge in [0.1, 0.15) is 5.76 Å². The van der Waals surface area contributed by atoms with Gasteiger partial charge in [0.15, 0.2) is 5.11 Å². The van der Waals surface area contributed by atoms with Gasteiger partial charge in [0.05, 0.1) is 24.9 Å². The minimum Gasteiger partial charge on any atom is -0.467 e. The van der Waals surface area contributed by atoms with Crippen LogP contribution in [0.5, 0.6) is 0 Å². The average molecular weight is 355 g/mol. The molecule has 0 aliphatic carbocycles. The van der Waals surface area contributed by atoms with Gasteiger partial charge in [-0.3, -0.25) is 4.79 Å². The van der Waals surface area contributed by atoms with E-state index in [1.165, 1.54) is 0 Å². The molecule has 25 heavy (non-hydrogen) atoms. The molecule has 3 rings (SSSR count). The summed E-state index contributed by atoms with van der Waals surface area (Å²) in [5.41, 5.74) is 3.66. The summed E-state index contributed by atoms with van der Waals surface area (Å²) < 4.78 is 5.42. The zero-order valence-corrected chi connectivity index (χ0v) is 15.4. The summed E-state index contributed by atoms with van der Waals surface area (Å²) in [5.74, 6) is 0.793. The van der Waals surface area contributed by atoms with Crippen molar-refractivity contribution < 1.29 is 4.42 Å². The van der Waals surface area contributed by atoms with E-state index in [2.05, 4.69) is 16.4 Å². The third-order valence-corrected chi connectivity index (χ3v) is 4.77. The molecule has 0 fully saturated rings. The molecule has 0 saturated heterocycles. The van der Waals surface area contributed by atoms with Crippen molar-refractivity contribution in [2.45, 2.75) is 26.9 Å². The largest absolute Gasteiger partial charge is 0.467 e. The minimum atomic E-state index is -0.0930. The van der Waals surface area contributed by atoms with Crippen LogP contribution < -0.4 is 10.9 Å². The van der Waals surface area contributed by atoms with Crippen molar-refractivity contribution in [3.63, 3.8) is 0 Å². The zero-order valence-electron chi connectivity index (χ0n) is 14.6. The molecular weight excluding hydrogens is 334 g/mol. The van der Waals surface area contributed by atoms with Gasteiger partial charge in [-0.1, -0.05) is 12.1 Å². The van der Waals surface area contributed by atoms with Crippen molar-refractivity contribution in [3.8, 4) is 0 Å². The Bertz CT molecular complexity index is 961. The lowest BCUT2D eigenvalue weighted by Gasteiger charge is -2.24. The molecule has 130 valence electrons. The van der Waals surface area contributed by atoms with Gasteiger partial charge in [0.25, 0.3) is 5.56 Å². The molecule has 0 aliphatic heterocycles. The quantitative estimate of drug-likeness (QED) is 0.704. The van der Waals surface area contributed by atoms with Crippen LogP contribution in [0.4, 0.5) is 0 Å². The fraction of sp³-hybridized carbons (Fsp3) is 0.263. The first-order valence-corrected chi connectivity index (χ1v) is 8.51. The number of benzene rings is 1. The molecule has 1 aromatic carbocycles. The second-order valence-electron chi connectivity index (χ2n) is 6.10. The van der Waals surface area contributed by atoms with Crippen LogP contribution in [0, 0.1) is 13.8 Å². The minimum absolute atomic E-state index is 0.0930. The number of furan rings is 1. The number of pyridine rings is 1. The number of H-pyrrole nitrogens is 1. The van der Waals surface area contributed by atoms with Gasteiger partial charge in [-0.25, -0.2) is 0 Å². The molecule has 2 N–H and O–H groups in total. The predicted molar refractivity (Wildman–Crippen MR) is 104 cm³/mol. The predicted octanol–water partition coefficient (Wildman–Crippen LogP) is 3.24. The Labute approximate surface area is 151 Å². The van der Waals surface area contributed by atoms with Crippen LogP contribution in [0.15, 0.2) is 45.8 Å². The zero-order chi connectivity index (χ0) is 18.0. The van der Waals surface area contributed by atoms with Crippen LogP contribution in [-0.4, -0.2) is 22.0 Å². The topological polar surface area (TPSA) is 61.3 Å².